The highest BCUT2D eigenvalue weighted by atomic mass is 32.2. The Morgan fingerprint density at radius 3 is 2.20 bits per heavy atom. The predicted octanol–water partition coefficient (Wildman–Crippen LogP) is 8.03. The number of nitrogens with zero attached hydrogens (tertiary/aromatic N) is 3. The van der Waals surface area contributed by atoms with Gasteiger partial charge in [0.15, 0.2) is 0 Å². The highest BCUT2D eigenvalue weighted by molar-refractivity contribution is 7.99. The monoisotopic (exact) mass is 791 g/mol. The van der Waals surface area contributed by atoms with Crippen LogP contribution in [0.1, 0.15) is 35.3 Å². The van der Waals surface area contributed by atoms with E-state index in [1.54, 1.807) is 36.0 Å². The molecule has 2 N–H and O–H groups in total. The number of anilines is 2. The van der Waals surface area contributed by atoms with Crippen molar-refractivity contribution in [2.24, 2.45) is 0 Å². The highest BCUT2D eigenvalue weighted by Crippen LogP contribution is 2.29. The zero-order chi connectivity index (χ0) is 39.7. The Morgan fingerprint density at radius 1 is 0.839 bits per heavy atom. The molecule has 0 aliphatic carbocycles. The molecule has 0 spiro atoms. The number of carbonyl (C=O) groups is 1. The molecular weight excluding hydrogens is 739 g/mol. The number of thioether (sulfide) groups is 1. The number of carbonyl (C=O) groups excluding carboxylic acids is 1. The molecule has 5 aromatic carbocycles. The van der Waals surface area contributed by atoms with Crippen molar-refractivity contribution >= 4 is 39.1 Å². The summed E-state index contributed by atoms with van der Waals surface area (Å²) < 4.78 is 34.7. The summed E-state index contributed by atoms with van der Waals surface area (Å²) >= 11 is 1.76. The summed E-state index contributed by atoms with van der Waals surface area (Å²) in [7, 11) is -0.00665. The Labute approximate surface area is 337 Å². The van der Waals surface area contributed by atoms with Crippen LogP contribution in [0.4, 0.5) is 11.4 Å². The Hall–Kier alpha value is -4.81. The van der Waals surface area contributed by atoms with Gasteiger partial charge in [-0.3, -0.25) is 9.69 Å². The van der Waals surface area contributed by atoms with Crippen molar-refractivity contribution in [3.63, 3.8) is 0 Å². The molecule has 1 heterocycles. The van der Waals surface area contributed by atoms with Crippen molar-refractivity contribution in [2.45, 2.75) is 42.6 Å². The van der Waals surface area contributed by atoms with Crippen LogP contribution >= 0.6 is 11.8 Å². The third-order valence-electron chi connectivity index (χ3n) is 9.80. The number of hydrogen-bond acceptors (Lipinski definition) is 9. The summed E-state index contributed by atoms with van der Waals surface area (Å²) in [6.07, 6.45) is 0. The summed E-state index contributed by atoms with van der Waals surface area (Å²) in [6.45, 7) is 11.9. The molecule has 0 radical (unpaired) electrons. The maximum absolute atomic E-state index is 13.3. The largest absolute Gasteiger partial charge is 0.492 e. The molecule has 0 unspecified atom stereocenters. The van der Waals surface area contributed by atoms with E-state index in [1.165, 1.54) is 27.7 Å². The molecule has 0 atom stereocenters. The number of benzene rings is 5. The highest BCUT2D eigenvalue weighted by Gasteiger charge is 2.23. The number of aryl methyl sites for hydroxylation is 1. The first kappa shape index (κ1) is 40.8. The first-order chi connectivity index (χ1) is 26.8. The van der Waals surface area contributed by atoms with Gasteiger partial charge in [0, 0.05) is 72.4 Å². The van der Waals surface area contributed by atoms with Crippen LogP contribution in [-0.2, 0) is 16.6 Å². The van der Waals surface area contributed by atoms with E-state index in [0.29, 0.717) is 6.61 Å². The number of rotatable bonds is 16. The minimum Gasteiger partial charge on any atom is -0.492 e. The number of piperazine rings is 1. The Kier molecular flexibility index (Phi) is 13.4. The van der Waals surface area contributed by atoms with E-state index in [4.69, 9.17) is 4.74 Å². The molecule has 6 rings (SSSR count). The number of nitrogens with one attached hydrogen (secondary N) is 2. The fourth-order valence-electron chi connectivity index (χ4n) is 6.61. The summed E-state index contributed by atoms with van der Waals surface area (Å²) in [5.41, 5.74) is 6.34. The van der Waals surface area contributed by atoms with Gasteiger partial charge in [-0.1, -0.05) is 54.6 Å². The minimum atomic E-state index is -4.08. The van der Waals surface area contributed by atoms with E-state index in [2.05, 4.69) is 87.1 Å². The number of amides is 1. The number of likely N-dealkylation sites (N-methyl/N-ethyl adjacent to an activating group) is 1. The van der Waals surface area contributed by atoms with E-state index in [-0.39, 0.29) is 16.0 Å². The van der Waals surface area contributed by atoms with Gasteiger partial charge in [-0.15, -0.1) is 11.8 Å². The smallest absolute Gasteiger partial charge is 0.264 e. The molecule has 1 aliphatic rings. The average molecular weight is 792 g/mol. The van der Waals surface area contributed by atoms with Crippen LogP contribution in [0, 0.1) is 6.92 Å². The van der Waals surface area contributed by atoms with Gasteiger partial charge in [-0.25, -0.2) is 13.1 Å². The lowest BCUT2D eigenvalue weighted by molar-refractivity contribution is 0.0981. The summed E-state index contributed by atoms with van der Waals surface area (Å²) in [5.74, 6) is 1.04. The fourth-order valence-corrected chi connectivity index (χ4v) is 8.62. The van der Waals surface area contributed by atoms with Crippen molar-refractivity contribution in [3.05, 3.63) is 138 Å². The molecule has 56 heavy (non-hydrogen) atoms. The Morgan fingerprint density at radius 2 is 1.52 bits per heavy atom. The first-order valence-electron chi connectivity index (χ1n) is 19.0. The van der Waals surface area contributed by atoms with Crippen LogP contribution in [-0.4, -0.2) is 88.8 Å². The second-order valence-electron chi connectivity index (χ2n) is 15.2. The lowest BCUT2D eigenvalue weighted by atomic mass is 9.99. The van der Waals surface area contributed by atoms with Crippen LogP contribution in [0.15, 0.2) is 131 Å². The molecular formula is C45H53N5O4S2. The van der Waals surface area contributed by atoms with Gasteiger partial charge >= 0.3 is 0 Å². The van der Waals surface area contributed by atoms with Gasteiger partial charge in [0.05, 0.1) is 4.90 Å². The fraction of sp³-hybridized carbons (Fsp3) is 0.311. The van der Waals surface area contributed by atoms with E-state index in [0.717, 1.165) is 67.7 Å². The molecule has 11 heteroatoms. The predicted molar refractivity (Wildman–Crippen MR) is 231 cm³/mol. The number of hydrogen-bond donors (Lipinski definition) is 2. The van der Waals surface area contributed by atoms with Crippen molar-refractivity contribution in [1.82, 2.24) is 14.5 Å². The van der Waals surface area contributed by atoms with Gasteiger partial charge < -0.3 is 19.9 Å². The molecule has 0 saturated carbocycles. The number of ether oxygens (including phenoxy) is 1. The van der Waals surface area contributed by atoms with Gasteiger partial charge in [0.2, 0.25) is 0 Å². The average Bonchev–Trinajstić information content (AvgIpc) is 3.19. The molecule has 1 fully saturated rings. The molecule has 294 valence electrons. The third kappa shape index (κ3) is 11.2. The first-order valence-corrected chi connectivity index (χ1v) is 21.5. The van der Waals surface area contributed by atoms with Crippen LogP contribution in [0.3, 0.4) is 0 Å². The topological polar surface area (TPSA) is 94.2 Å². The quantitative estimate of drug-likeness (QED) is 0.0965. The standard InChI is InChI=1S/C45H53N5O4S2/c1-34-31-41(23-24-43(34)46-45(2,3)33-55-40-12-7-6-8-13-40)56(52,53)47-44(51)36-15-19-38(20-16-36)50-27-25-49(26-28-50)32-37-11-9-10-14-42(37)35-17-21-39(22-18-35)54-30-29-48(4)5/h6-24,31,46H,25-30,32-33H2,1-5H3,(H,47,51). The third-order valence-corrected chi connectivity index (χ3v) is 12.6. The lowest BCUT2D eigenvalue weighted by Gasteiger charge is -2.36. The molecule has 0 bridgehead atoms. The summed E-state index contributed by atoms with van der Waals surface area (Å²) in [5, 5.41) is 3.55. The van der Waals surface area contributed by atoms with Crippen molar-refractivity contribution in [2.75, 3.05) is 69.4 Å². The lowest BCUT2D eigenvalue weighted by Crippen LogP contribution is -2.46. The summed E-state index contributed by atoms with van der Waals surface area (Å²) in [4.78, 5) is 21.3. The van der Waals surface area contributed by atoms with E-state index in [1.807, 2.05) is 63.5 Å². The van der Waals surface area contributed by atoms with E-state index >= 15 is 0 Å². The molecule has 5 aromatic rings. The molecule has 1 saturated heterocycles. The number of sulfonamides is 1. The SMILES string of the molecule is Cc1cc(S(=O)(=O)NC(=O)c2ccc(N3CCN(Cc4ccccc4-c4ccc(OCCN(C)C)cc4)CC3)cc2)ccc1NC(C)(C)CSc1ccccc1. The van der Waals surface area contributed by atoms with Crippen molar-refractivity contribution in [1.29, 1.82) is 0 Å². The van der Waals surface area contributed by atoms with Crippen LogP contribution in [0.2, 0.25) is 0 Å². The Bertz CT molecular complexity index is 2170. The van der Waals surface area contributed by atoms with Gasteiger partial charge in [0.1, 0.15) is 12.4 Å². The molecule has 9 nitrogen and oxygen atoms in total. The Balaban J connectivity index is 0.997. The summed E-state index contributed by atoms with van der Waals surface area (Å²) in [6, 6.07) is 39.2. The zero-order valence-corrected chi connectivity index (χ0v) is 34.6. The van der Waals surface area contributed by atoms with Gasteiger partial charge in [-0.2, -0.15) is 0 Å². The van der Waals surface area contributed by atoms with Crippen molar-refractivity contribution < 1.29 is 17.9 Å². The van der Waals surface area contributed by atoms with Gasteiger partial charge in [0.25, 0.3) is 15.9 Å². The molecule has 1 amide bonds. The normalized spacial score (nSPS) is 13.8. The maximum atomic E-state index is 13.3. The van der Waals surface area contributed by atoms with E-state index < -0.39 is 15.9 Å². The van der Waals surface area contributed by atoms with E-state index in [9.17, 15) is 13.2 Å². The van der Waals surface area contributed by atoms with Crippen LogP contribution in [0.25, 0.3) is 11.1 Å². The van der Waals surface area contributed by atoms with Crippen LogP contribution in [0.5, 0.6) is 5.75 Å². The molecule has 1 aliphatic heterocycles. The van der Waals surface area contributed by atoms with Crippen LogP contribution < -0.4 is 19.7 Å². The van der Waals surface area contributed by atoms with Crippen molar-refractivity contribution in [3.8, 4) is 16.9 Å². The second kappa shape index (κ2) is 18.4. The zero-order valence-electron chi connectivity index (χ0n) is 33.0. The molecule has 0 aromatic heterocycles. The maximum Gasteiger partial charge on any atom is 0.264 e. The minimum absolute atomic E-state index is 0.0427. The van der Waals surface area contributed by atoms with Gasteiger partial charge in [-0.05, 0) is 124 Å². The second-order valence-corrected chi connectivity index (χ2v) is 17.9.